The van der Waals surface area contributed by atoms with Crippen LogP contribution in [0.1, 0.15) is 38.5 Å². The average molecular weight is 282 g/mol. The number of carbonyl (C=O) groups excluding carboxylic acids is 1. The SMILES string of the molecule is O=C(O)[C@@]12C=C[C@@H](C[C@H]1SC1CCCCC1)OC2=O. The number of ether oxygens (including phenoxy) is 1. The third-order valence-corrected chi connectivity index (χ3v) is 6.14. The Morgan fingerprint density at radius 1 is 1.37 bits per heavy atom. The van der Waals surface area contributed by atoms with E-state index in [1.54, 1.807) is 23.9 Å². The van der Waals surface area contributed by atoms with Crippen LogP contribution in [-0.4, -0.2) is 33.6 Å². The van der Waals surface area contributed by atoms with Gasteiger partial charge in [-0.3, -0.25) is 9.59 Å². The Balaban J connectivity index is 1.82. The third kappa shape index (κ3) is 2.08. The van der Waals surface area contributed by atoms with E-state index in [9.17, 15) is 14.7 Å². The van der Waals surface area contributed by atoms with E-state index < -0.39 is 17.4 Å². The molecule has 0 unspecified atom stereocenters. The summed E-state index contributed by atoms with van der Waals surface area (Å²) in [5.74, 6) is -1.65. The van der Waals surface area contributed by atoms with Gasteiger partial charge >= 0.3 is 11.9 Å². The first-order chi connectivity index (χ1) is 9.13. The Bertz CT molecular complexity index is 427. The normalized spacial score (nSPS) is 38.2. The smallest absolute Gasteiger partial charge is 0.329 e. The molecule has 0 spiro atoms. The van der Waals surface area contributed by atoms with Crippen LogP contribution < -0.4 is 0 Å². The van der Waals surface area contributed by atoms with Crippen molar-refractivity contribution in [3.05, 3.63) is 12.2 Å². The second-order valence-corrected chi connectivity index (χ2v) is 7.11. The number of thioether (sulfide) groups is 1. The van der Waals surface area contributed by atoms with E-state index in [4.69, 9.17) is 4.74 Å². The van der Waals surface area contributed by atoms with Crippen LogP contribution >= 0.6 is 11.8 Å². The maximum Gasteiger partial charge on any atom is 0.329 e. The minimum Gasteiger partial charge on any atom is -0.480 e. The molecule has 0 radical (unpaired) electrons. The summed E-state index contributed by atoms with van der Waals surface area (Å²) in [6.07, 6.45) is 9.69. The summed E-state index contributed by atoms with van der Waals surface area (Å²) < 4.78 is 5.15. The predicted molar refractivity (Wildman–Crippen MR) is 72.0 cm³/mol. The molecule has 0 aromatic carbocycles. The summed E-state index contributed by atoms with van der Waals surface area (Å²) in [7, 11) is 0. The van der Waals surface area contributed by atoms with Crippen molar-refractivity contribution < 1.29 is 19.4 Å². The highest BCUT2D eigenvalue weighted by Crippen LogP contribution is 2.48. The minimum absolute atomic E-state index is 0.177. The zero-order valence-electron chi connectivity index (χ0n) is 10.7. The van der Waals surface area contributed by atoms with Crippen molar-refractivity contribution in [1.82, 2.24) is 0 Å². The fourth-order valence-electron chi connectivity index (χ4n) is 3.26. The highest BCUT2D eigenvalue weighted by atomic mass is 32.2. The molecule has 4 rings (SSSR count). The Hall–Kier alpha value is -0.970. The van der Waals surface area contributed by atoms with Crippen LogP contribution in [0, 0.1) is 5.41 Å². The summed E-state index contributed by atoms with van der Waals surface area (Å²) in [6, 6.07) is 0. The van der Waals surface area contributed by atoms with Gasteiger partial charge in [0, 0.05) is 16.9 Å². The van der Waals surface area contributed by atoms with Gasteiger partial charge in [-0.2, -0.15) is 11.8 Å². The topological polar surface area (TPSA) is 63.6 Å². The van der Waals surface area contributed by atoms with Crippen LogP contribution in [0.25, 0.3) is 0 Å². The van der Waals surface area contributed by atoms with Crippen LogP contribution in [0.3, 0.4) is 0 Å². The fourth-order valence-corrected chi connectivity index (χ4v) is 5.12. The maximum absolute atomic E-state index is 12.0. The molecule has 2 aliphatic carbocycles. The molecule has 4 nitrogen and oxygen atoms in total. The van der Waals surface area contributed by atoms with Crippen LogP contribution in [0.15, 0.2) is 12.2 Å². The molecule has 2 heterocycles. The molecule has 0 amide bonds. The second-order valence-electron chi connectivity index (χ2n) is 5.60. The molecule has 1 saturated carbocycles. The predicted octanol–water partition coefficient (Wildman–Crippen LogP) is 2.38. The highest BCUT2D eigenvalue weighted by molar-refractivity contribution is 8.00. The molecule has 0 aromatic heterocycles. The maximum atomic E-state index is 12.0. The zero-order chi connectivity index (χ0) is 13.5. The molecule has 2 bridgehead atoms. The van der Waals surface area contributed by atoms with Crippen molar-refractivity contribution in [3.8, 4) is 0 Å². The van der Waals surface area contributed by atoms with Crippen molar-refractivity contribution in [1.29, 1.82) is 0 Å². The van der Waals surface area contributed by atoms with Crippen LogP contribution in [0.5, 0.6) is 0 Å². The molecule has 1 saturated heterocycles. The number of carbonyl (C=O) groups is 2. The largest absolute Gasteiger partial charge is 0.480 e. The van der Waals surface area contributed by atoms with E-state index in [0.717, 1.165) is 12.8 Å². The van der Waals surface area contributed by atoms with Crippen LogP contribution in [0.4, 0.5) is 0 Å². The van der Waals surface area contributed by atoms with Gasteiger partial charge in [-0.15, -0.1) is 0 Å². The van der Waals surface area contributed by atoms with E-state index in [2.05, 4.69) is 0 Å². The third-order valence-electron chi connectivity index (χ3n) is 4.39. The molecule has 4 aliphatic rings. The number of esters is 1. The molecular formula is C14H18O4S. The second kappa shape index (κ2) is 4.85. The molecule has 5 heteroatoms. The van der Waals surface area contributed by atoms with Crippen molar-refractivity contribution in [2.45, 2.75) is 55.1 Å². The van der Waals surface area contributed by atoms with Gasteiger partial charge in [0.25, 0.3) is 0 Å². The summed E-state index contributed by atoms with van der Waals surface area (Å²) in [4.78, 5) is 23.6. The molecule has 1 N–H and O–H groups in total. The monoisotopic (exact) mass is 282 g/mol. The quantitative estimate of drug-likeness (QED) is 0.489. The average Bonchev–Trinajstić information content (AvgIpc) is 2.40. The summed E-state index contributed by atoms with van der Waals surface area (Å²) >= 11 is 1.70. The Labute approximate surface area is 116 Å². The standard InChI is InChI=1S/C14H18O4S/c15-12(16)14-7-6-9(18-13(14)17)8-11(14)19-10-4-2-1-3-5-10/h6-7,9-11H,1-5,8H2,(H,15,16)/t9-,11+,14+/m0/s1. The minimum atomic E-state index is -1.45. The molecular weight excluding hydrogens is 264 g/mol. The zero-order valence-corrected chi connectivity index (χ0v) is 11.5. The van der Waals surface area contributed by atoms with Crippen molar-refractivity contribution in [2.75, 3.05) is 0 Å². The van der Waals surface area contributed by atoms with E-state index in [1.165, 1.54) is 19.3 Å². The number of aliphatic carboxylic acids is 1. The van der Waals surface area contributed by atoms with Crippen molar-refractivity contribution in [3.63, 3.8) is 0 Å². The van der Waals surface area contributed by atoms with Gasteiger partial charge in [0.2, 0.25) is 0 Å². The van der Waals surface area contributed by atoms with Gasteiger partial charge in [-0.05, 0) is 18.9 Å². The lowest BCUT2D eigenvalue weighted by molar-refractivity contribution is -0.174. The number of rotatable bonds is 3. The van der Waals surface area contributed by atoms with Gasteiger partial charge in [0.15, 0.2) is 5.41 Å². The Kier molecular flexibility index (Phi) is 3.33. The summed E-state index contributed by atoms with van der Waals surface area (Å²) in [5, 5.41) is 9.84. The first-order valence-corrected chi connectivity index (χ1v) is 7.86. The lowest BCUT2D eigenvalue weighted by atomic mass is 9.75. The van der Waals surface area contributed by atoms with Gasteiger partial charge < -0.3 is 9.84 Å². The molecule has 2 fully saturated rings. The number of hydrogen-bond donors (Lipinski definition) is 1. The number of carboxylic acid groups (broad SMARTS) is 1. The van der Waals surface area contributed by atoms with E-state index in [1.807, 2.05) is 0 Å². The van der Waals surface area contributed by atoms with Gasteiger partial charge in [0.05, 0.1) is 0 Å². The summed E-state index contributed by atoms with van der Waals surface area (Å²) in [6.45, 7) is 0. The molecule has 104 valence electrons. The van der Waals surface area contributed by atoms with Crippen molar-refractivity contribution >= 4 is 23.7 Å². The lowest BCUT2D eigenvalue weighted by Crippen LogP contribution is -2.56. The number of carboxylic acids is 1. The van der Waals surface area contributed by atoms with Crippen LogP contribution in [-0.2, 0) is 14.3 Å². The number of hydrogen-bond acceptors (Lipinski definition) is 4. The van der Waals surface area contributed by atoms with E-state index in [0.29, 0.717) is 11.7 Å². The van der Waals surface area contributed by atoms with E-state index in [-0.39, 0.29) is 11.4 Å². The molecule has 3 atom stereocenters. The molecule has 19 heavy (non-hydrogen) atoms. The van der Waals surface area contributed by atoms with Gasteiger partial charge in [-0.1, -0.05) is 25.3 Å². The van der Waals surface area contributed by atoms with Crippen LogP contribution in [0.2, 0.25) is 0 Å². The first kappa shape index (κ1) is 13.0. The first-order valence-electron chi connectivity index (χ1n) is 6.92. The van der Waals surface area contributed by atoms with Gasteiger partial charge in [0.1, 0.15) is 6.10 Å². The Morgan fingerprint density at radius 2 is 2.11 bits per heavy atom. The lowest BCUT2D eigenvalue weighted by Gasteiger charge is -2.44. The van der Waals surface area contributed by atoms with Crippen molar-refractivity contribution in [2.24, 2.45) is 5.41 Å². The fraction of sp³-hybridized carbons (Fsp3) is 0.714. The summed E-state index contributed by atoms with van der Waals surface area (Å²) in [5.41, 5.74) is -1.45. The molecule has 0 aromatic rings. The highest BCUT2D eigenvalue weighted by Gasteiger charge is 2.59. The Morgan fingerprint density at radius 3 is 2.74 bits per heavy atom. The van der Waals surface area contributed by atoms with E-state index >= 15 is 0 Å². The molecule has 2 aliphatic heterocycles. The van der Waals surface area contributed by atoms with Gasteiger partial charge in [-0.25, -0.2) is 0 Å². The number of fused-ring (bicyclic) bond motifs is 2.